The number of hydrogen-bond donors (Lipinski definition) is 1. The summed E-state index contributed by atoms with van der Waals surface area (Å²) < 4.78 is 12.2. The Morgan fingerprint density at radius 3 is 2.64 bits per heavy atom. The summed E-state index contributed by atoms with van der Waals surface area (Å²) in [7, 11) is 0. The lowest BCUT2D eigenvalue weighted by atomic mass is 10.1. The highest BCUT2D eigenvalue weighted by molar-refractivity contribution is 5.91. The van der Waals surface area contributed by atoms with Crippen LogP contribution in [0.25, 0.3) is 0 Å². The molecule has 0 radical (unpaired) electrons. The minimum Gasteiger partial charge on any atom is -0.399 e. The Labute approximate surface area is 63.8 Å². The molecule has 0 saturated heterocycles. The van der Waals surface area contributed by atoms with Gasteiger partial charge in [-0.15, -0.1) is 0 Å². The van der Waals surface area contributed by atoms with Crippen molar-refractivity contribution in [3.05, 3.63) is 29.3 Å². The number of carbonyl (C=O) groups excluding carboxylic acids is 1. The van der Waals surface area contributed by atoms with Gasteiger partial charge in [0.2, 0.25) is 0 Å². The average Bonchev–Trinajstić information content (AvgIpc) is 1.94. The predicted octanol–water partition coefficient (Wildman–Crippen LogP) is 1.69. The Morgan fingerprint density at radius 1 is 1.55 bits per heavy atom. The van der Waals surface area contributed by atoms with Crippen LogP contribution in [0.2, 0.25) is 0 Å². The molecule has 1 rings (SSSR count). The van der Waals surface area contributed by atoms with E-state index in [4.69, 9.17) is 5.73 Å². The zero-order chi connectivity index (χ0) is 8.43. The largest absolute Gasteiger partial charge is 0.399 e. The SMILES string of the molecule is Cc1ccc(N)cc1C(=O)F. The number of rotatable bonds is 1. The number of carbonyl (C=O) groups is 1. The Bertz CT molecular complexity index is 296. The van der Waals surface area contributed by atoms with Crippen LogP contribution in [0.5, 0.6) is 0 Å². The van der Waals surface area contributed by atoms with Gasteiger partial charge in [-0.3, -0.25) is 4.79 Å². The quantitative estimate of drug-likeness (QED) is 0.492. The minimum absolute atomic E-state index is 0.0463. The number of aryl methyl sites for hydroxylation is 1. The fraction of sp³-hybridized carbons (Fsp3) is 0.125. The number of nitrogens with two attached hydrogens (primary N) is 1. The Balaban J connectivity index is 3.23. The van der Waals surface area contributed by atoms with Gasteiger partial charge in [-0.05, 0) is 24.6 Å². The molecule has 0 unspecified atom stereocenters. The first kappa shape index (κ1) is 7.72. The molecule has 0 bridgehead atoms. The highest BCUT2D eigenvalue weighted by Crippen LogP contribution is 2.13. The molecular weight excluding hydrogens is 145 g/mol. The fourth-order valence-corrected chi connectivity index (χ4v) is 0.851. The maximum Gasteiger partial charge on any atom is 0.332 e. The van der Waals surface area contributed by atoms with Crippen molar-refractivity contribution in [3.63, 3.8) is 0 Å². The van der Waals surface area contributed by atoms with E-state index >= 15 is 0 Å². The average molecular weight is 153 g/mol. The van der Waals surface area contributed by atoms with E-state index in [-0.39, 0.29) is 5.56 Å². The molecule has 11 heavy (non-hydrogen) atoms. The summed E-state index contributed by atoms with van der Waals surface area (Å²) in [5, 5.41) is 0. The third-order valence-corrected chi connectivity index (χ3v) is 1.47. The van der Waals surface area contributed by atoms with Crippen molar-refractivity contribution in [2.24, 2.45) is 0 Å². The van der Waals surface area contributed by atoms with Gasteiger partial charge in [0.1, 0.15) is 0 Å². The summed E-state index contributed by atoms with van der Waals surface area (Å²) in [6.45, 7) is 1.66. The van der Waals surface area contributed by atoms with E-state index < -0.39 is 6.04 Å². The minimum atomic E-state index is -1.44. The van der Waals surface area contributed by atoms with E-state index in [0.717, 1.165) is 0 Å². The Morgan fingerprint density at radius 2 is 2.18 bits per heavy atom. The first-order chi connectivity index (χ1) is 5.11. The van der Waals surface area contributed by atoms with Crippen LogP contribution in [0.4, 0.5) is 10.1 Å². The summed E-state index contributed by atoms with van der Waals surface area (Å²) >= 11 is 0. The van der Waals surface area contributed by atoms with E-state index in [0.29, 0.717) is 11.3 Å². The Kier molecular flexibility index (Phi) is 1.89. The van der Waals surface area contributed by atoms with Crippen LogP contribution in [0.15, 0.2) is 18.2 Å². The molecule has 0 aliphatic carbocycles. The molecule has 0 aliphatic heterocycles. The highest BCUT2D eigenvalue weighted by Gasteiger charge is 2.06. The maximum atomic E-state index is 12.2. The van der Waals surface area contributed by atoms with Crippen molar-refractivity contribution >= 4 is 11.7 Å². The molecule has 0 atom stereocenters. The zero-order valence-corrected chi connectivity index (χ0v) is 6.10. The maximum absolute atomic E-state index is 12.2. The molecule has 1 aromatic rings. The van der Waals surface area contributed by atoms with Crippen molar-refractivity contribution in [1.29, 1.82) is 0 Å². The number of halogens is 1. The van der Waals surface area contributed by atoms with Gasteiger partial charge in [0.15, 0.2) is 0 Å². The van der Waals surface area contributed by atoms with Crippen LogP contribution in [0.3, 0.4) is 0 Å². The summed E-state index contributed by atoms with van der Waals surface area (Å²) in [6.07, 6.45) is 0. The van der Waals surface area contributed by atoms with E-state index in [1.54, 1.807) is 19.1 Å². The van der Waals surface area contributed by atoms with Gasteiger partial charge in [-0.25, -0.2) is 0 Å². The molecule has 0 fully saturated rings. The van der Waals surface area contributed by atoms with Crippen LogP contribution < -0.4 is 5.73 Å². The molecule has 0 aromatic heterocycles. The smallest absolute Gasteiger partial charge is 0.332 e. The van der Waals surface area contributed by atoms with Gasteiger partial charge in [0.25, 0.3) is 0 Å². The van der Waals surface area contributed by atoms with E-state index in [2.05, 4.69) is 0 Å². The molecule has 1 aromatic carbocycles. The predicted molar refractivity (Wildman–Crippen MR) is 41.0 cm³/mol. The molecule has 0 saturated carbocycles. The highest BCUT2D eigenvalue weighted by atomic mass is 19.1. The van der Waals surface area contributed by atoms with Crippen LogP contribution in [0.1, 0.15) is 15.9 Å². The molecule has 2 nitrogen and oxygen atoms in total. The summed E-state index contributed by atoms with van der Waals surface area (Å²) in [5.41, 5.74) is 6.40. The second kappa shape index (κ2) is 2.70. The first-order valence-electron chi connectivity index (χ1n) is 3.17. The molecule has 58 valence electrons. The van der Waals surface area contributed by atoms with Gasteiger partial charge in [0, 0.05) is 5.69 Å². The van der Waals surface area contributed by atoms with Gasteiger partial charge in [0.05, 0.1) is 5.56 Å². The lowest BCUT2D eigenvalue weighted by Crippen LogP contribution is -1.96. The van der Waals surface area contributed by atoms with Crippen LogP contribution in [-0.2, 0) is 0 Å². The first-order valence-corrected chi connectivity index (χ1v) is 3.17. The van der Waals surface area contributed by atoms with Gasteiger partial charge >= 0.3 is 6.04 Å². The second-order valence-corrected chi connectivity index (χ2v) is 2.35. The topological polar surface area (TPSA) is 43.1 Å². The van der Waals surface area contributed by atoms with Crippen molar-refractivity contribution in [2.75, 3.05) is 5.73 Å². The van der Waals surface area contributed by atoms with Gasteiger partial charge in [-0.1, -0.05) is 6.07 Å². The molecule has 0 amide bonds. The molecule has 2 N–H and O–H groups in total. The molecule has 0 heterocycles. The molecular formula is C8H8FNO. The van der Waals surface area contributed by atoms with Crippen LogP contribution in [-0.4, -0.2) is 6.04 Å². The van der Waals surface area contributed by atoms with Crippen molar-refractivity contribution in [2.45, 2.75) is 6.92 Å². The van der Waals surface area contributed by atoms with Crippen LogP contribution in [0, 0.1) is 6.92 Å². The van der Waals surface area contributed by atoms with E-state index in [1.165, 1.54) is 6.07 Å². The van der Waals surface area contributed by atoms with E-state index in [1.807, 2.05) is 0 Å². The van der Waals surface area contributed by atoms with E-state index in [9.17, 15) is 9.18 Å². The number of hydrogen-bond acceptors (Lipinski definition) is 2. The fourth-order valence-electron chi connectivity index (χ4n) is 0.851. The summed E-state index contributed by atoms with van der Waals surface area (Å²) in [6, 6.07) is 3.14. The monoisotopic (exact) mass is 153 g/mol. The lowest BCUT2D eigenvalue weighted by molar-refractivity contribution is 0.0835. The number of benzene rings is 1. The molecule has 3 heteroatoms. The second-order valence-electron chi connectivity index (χ2n) is 2.35. The van der Waals surface area contributed by atoms with Crippen molar-refractivity contribution < 1.29 is 9.18 Å². The summed E-state index contributed by atoms with van der Waals surface area (Å²) in [5.74, 6) is 0. The third kappa shape index (κ3) is 1.55. The normalized spacial score (nSPS) is 9.64. The molecule has 0 aliphatic rings. The lowest BCUT2D eigenvalue weighted by Gasteiger charge is -1.99. The summed E-state index contributed by atoms with van der Waals surface area (Å²) in [4.78, 5) is 10.3. The van der Waals surface area contributed by atoms with Gasteiger partial charge in [-0.2, -0.15) is 4.39 Å². The third-order valence-electron chi connectivity index (χ3n) is 1.47. The van der Waals surface area contributed by atoms with Crippen molar-refractivity contribution in [1.82, 2.24) is 0 Å². The Hall–Kier alpha value is -1.38. The number of anilines is 1. The zero-order valence-electron chi connectivity index (χ0n) is 6.10. The van der Waals surface area contributed by atoms with Gasteiger partial charge < -0.3 is 5.73 Å². The number of nitrogen functional groups attached to an aromatic ring is 1. The van der Waals surface area contributed by atoms with Crippen LogP contribution >= 0.6 is 0 Å². The van der Waals surface area contributed by atoms with Crippen molar-refractivity contribution in [3.8, 4) is 0 Å². The molecule has 0 spiro atoms. The standard InChI is InChI=1S/C8H8FNO/c1-5-2-3-6(10)4-7(5)8(9)11/h2-4H,10H2,1H3.